The molecule has 0 aliphatic rings. The fourth-order valence-electron chi connectivity index (χ4n) is 2.13. The van der Waals surface area contributed by atoms with Crippen molar-refractivity contribution in [2.45, 2.75) is 13.3 Å². The number of fused-ring (bicyclic) bond motifs is 1. The lowest BCUT2D eigenvalue weighted by Gasteiger charge is -2.03. The van der Waals surface area contributed by atoms with Crippen molar-refractivity contribution in [3.8, 4) is 0 Å². The quantitative estimate of drug-likeness (QED) is 0.762. The summed E-state index contributed by atoms with van der Waals surface area (Å²) in [7, 11) is 0. The number of benzene rings is 2. The van der Waals surface area contributed by atoms with Crippen molar-refractivity contribution in [2.24, 2.45) is 0 Å². The van der Waals surface area contributed by atoms with Gasteiger partial charge in [-0.3, -0.25) is 9.89 Å². The highest BCUT2D eigenvalue weighted by molar-refractivity contribution is 6.06. The van der Waals surface area contributed by atoms with E-state index in [2.05, 4.69) is 15.5 Å². The molecule has 0 atom stereocenters. The normalized spacial score (nSPS) is 10.7. The van der Waals surface area contributed by atoms with Gasteiger partial charge in [-0.1, -0.05) is 37.3 Å². The van der Waals surface area contributed by atoms with Crippen LogP contribution in [0, 0.1) is 0 Å². The molecule has 0 unspecified atom stereocenters. The maximum Gasteiger partial charge on any atom is 0.256 e. The maximum atomic E-state index is 12.2. The van der Waals surface area contributed by atoms with Crippen LogP contribution in [-0.4, -0.2) is 16.1 Å². The molecule has 1 amide bonds. The van der Waals surface area contributed by atoms with E-state index in [1.807, 2.05) is 55.5 Å². The van der Waals surface area contributed by atoms with Crippen LogP contribution < -0.4 is 5.32 Å². The highest BCUT2D eigenvalue weighted by atomic mass is 16.1. The molecular formula is C16H15N3O. The van der Waals surface area contributed by atoms with E-state index in [4.69, 9.17) is 0 Å². The molecule has 0 aliphatic heterocycles. The van der Waals surface area contributed by atoms with Gasteiger partial charge in [0, 0.05) is 17.3 Å². The lowest BCUT2D eigenvalue weighted by Crippen LogP contribution is -2.12. The summed E-state index contributed by atoms with van der Waals surface area (Å²) in [6.07, 6.45) is 0.860. The summed E-state index contributed by atoms with van der Waals surface area (Å²) >= 11 is 0. The number of carbonyl (C=O) groups is 1. The first kappa shape index (κ1) is 12.4. The second kappa shape index (κ2) is 5.17. The third kappa shape index (κ3) is 2.40. The fraction of sp³-hybridized carbons (Fsp3) is 0.125. The highest BCUT2D eigenvalue weighted by Crippen LogP contribution is 2.16. The Hall–Kier alpha value is -2.62. The minimum absolute atomic E-state index is 0.148. The summed E-state index contributed by atoms with van der Waals surface area (Å²) in [5, 5.41) is 11.9. The van der Waals surface area contributed by atoms with Gasteiger partial charge in [0.1, 0.15) is 0 Å². The third-order valence-electron chi connectivity index (χ3n) is 3.27. The Kier molecular flexibility index (Phi) is 3.21. The van der Waals surface area contributed by atoms with E-state index >= 15 is 0 Å². The molecule has 1 aromatic heterocycles. The molecule has 0 radical (unpaired) electrons. The molecular weight excluding hydrogens is 250 g/mol. The lowest BCUT2D eigenvalue weighted by molar-refractivity contribution is 0.102. The Morgan fingerprint density at radius 2 is 1.95 bits per heavy atom. The zero-order valence-corrected chi connectivity index (χ0v) is 11.2. The van der Waals surface area contributed by atoms with Crippen LogP contribution in [0.5, 0.6) is 0 Å². The Balaban J connectivity index is 1.84. The predicted octanol–water partition coefficient (Wildman–Crippen LogP) is 3.38. The van der Waals surface area contributed by atoms with Crippen LogP contribution in [0.4, 0.5) is 5.82 Å². The van der Waals surface area contributed by atoms with Crippen LogP contribution in [-0.2, 0) is 6.42 Å². The Morgan fingerprint density at radius 1 is 1.15 bits per heavy atom. The minimum Gasteiger partial charge on any atom is -0.305 e. The lowest BCUT2D eigenvalue weighted by atomic mass is 10.1. The average Bonchev–Trinajstić information content (AvgIpc) is 2.94. The second-order valence-electron chi connectivity index (χ2n) is 4.65. The van der Waals surface area contributed by atoms with E-state index < -0.39 is 0 Å². The first-order valence-electron chi connectivity index (χ1n) is 6.60. The van der Waals surface area contributed by atoms with Crippen molar-refractivity contribution >= 4 is 22.5 Å². The number of hydrogen-bond donors (Lipinski definition) is 2. The molecule has 0 saturated heterocycles. The van der Waals surface area contributed by atoms with E-state index in [1.54, 1.807) is 0 Å². The van der Waals surface area contributed by atoms with E-state index in [-0.39, 0.29) is 5.91 Å². The van der Waals surface area contributed by atoms with Crippen LogP contribution >= 0.6 is 0 Å². The van der Waals surface area contributed by atoms with Crippen molar-refractivity contribution < 1.29 is 4.79 Å². The fourth-order valence-corrected chi connectivity index (χ4v) is 2.13. The van der Waals surface area contributed by atoms with Gasteiger partial charge in [0.15, 0.2) is 5.82 Å². The zero-order valence-electron chi connectivity index (χ0n) is 11.2. The number of nitrogens with one attached hydrogen (secondary N) is 2. The Labute approximate surface area is 116 Å². The molecule has 0 bridgehead atoms. The number of aromatic amines is 1. The number of aryl methyl sites for hydroxylation is 1. The van der Waals surface area contributed by atoms with Gasteiger partial charge >= 0.3 is 0 Å². The van der Waals surface area contributed by atoms with E-state index in [1.165, 1.54) is 0 Å². The predicted molar refractivity (Wildman–Crippen MR) is 79.9 cm³/mol. The van der Waals surface area contributed by atoms with Crippen LogP contribution in [0.2, 0.25) is 0 Å². The summed E-state index contributed by atoms with van der Waals surface area (Å²) in [5.41, 5.74) is 1.63. The molecule has 0 spiro atoms. The molecule has 3 rings (SSSR count). The molecule has 0 aliphatic carbocycles. The standard InChI is InChI=1S/C16H15N3O/c1-2-14-10-15(19-18-14)17-16(20)13-8-7-11-5-3-4-6-12(11)9-13/h3-10H,2H2,1H3,(H2,17,18,19,20). The minimum atomic E-state index is -0.148. The van der Waals surface area contributed by atoms with Crippen molar-refractivity contribution in [1.82, 2.24) is 10.2 Å². The van der Waals surface area contributed by atoms with Crippen LogP contribution in [0.1, 0.15) is 23.0 Å². The molecule has 4 nitrogen and oxygen atoms in total. The topological polar surface area (TPSA) is 57.8 Å². The zero-order chi connectivity index (χ0) is 13.9. The second-order valence-corrected chi connectivity index (χ2v) is 4.65. The number of aromatic nitrogens is 2. The van der Waals surface area contributed by atoms with E-state index in [9.17, 15) is 4.79 Å². The number of anilines is 1. The molecule has 3 aromatic rings. The Morgan fingerprint density at radius 3 is 2.70 bits per heavy atom. The number of carbonyl (C=O) groups excluding carboxylic acids is 1. The first-order chi connectivity index (χ1) is 9.76. The molecule has 20 heavy (non-hydrogen) atoms. The summed E-state index contributed by atoms with van der Waals surface area (Å²) in [4.78, 5) is 12.2. The van der Waals surface area contributed by atoms with Gasteiger partial charge in [-0.25, -0.2) is 0 Å². The average molecular weight is 265 g/mol. The molecule has 100 valence electrons. The number of hydrogen-bond acceptors (Lipinski definition) is 2. The van der Waals surface area contributed by atoms with Crippen molar-refractivity contribution in [3.05, 3.63) is 59.8 Å². The summed E-state index contributed by atoms with van der Waals surface area (Å²) in [6.45, 7) is 2.03. The van der Waals surface area contributed by atoms with Gasteiger partial charge in [0.05, 0.1) is 0 Å². The smallest absolute Gasteiger partial charge is 0.256 e. The summed E-state index contributed by atoms with van der Waals surface area (Å²) < 4.78 is 0. The van der Waals surface area contributed by atoms with Crippen molar-refractivity contribution in [3.63, 3.8) is 0 Å². The van der Waals surface area contributed by atoms with Crippen LogP contribution in [0.3, 0.4) is 0 Å². The largest absolute Gasteiger partial charge is 0.305 e. The Bertz CT molecular complexity index is 761. The van der Waals surface area contributed by atoms with E-state index in [0.717, 1.165) is 22.9 Å². The van der Waals surface area contributed by atoms with Crippen molar-refractivity contribution in [2.75, 3.05) is 5.32 Å². The summed E-state index contributed by atoms with van der Waals surface area (Å²) in [6, 6.07) is 15.5. The number of rotatable bonds is 3. The van der Waals surface area contributed by atoms with E-state index in [0.29, 0.717) is 11.4 Å². The molecule has 1 heterocycles. The molecule has 0 saturated carbocycles. The van der Waals surface area contributed by atoms with Gasteiger partial charge in [0.25, 0.3) is 5.91 Å². The van der Waals surface area contributed by atoms with Gasteiger partial charge in [0.2, 0.25) is 0 Å². The maximum absolute atomic E-state index is 12.2. The van der Waals surface area contributed by atoms with Gasteiger partial charge < -0.3 is 5.32 Å². The van der Waals surface area contributed by atoms with Crippen LogP contribution in [0.15, 0.2) is 48.5 Å². The van der Waals surface area contributed by atoms with Crippen LogP contribution in [0.25, 0.3) is 10.8 Å². The first-order valence-corrected chi connectivity index (χ1v) is 6.60. The summed E-state index contributed by atoms with van der Waals surface area (Å²) in [5.74, 6) is 0.407. The van der Waals surface area contributed by atoms with Crippen molar-refractivity contribution in [1.29, 1.82) is 0 Å². The highest BCUT2D eigenvalue weighted by Gasteiger charge is 2.08. The number of H-pyrrole nitrogens is 1. The van der Waals surface area contributed by atoms with Gasteiger partial charge in [-0.2, -0.15) is 5.10 Å². The molecule has 4 heteroatoms. The molecule has 2 N–H and O–H groups in total. The molecule has 0 fully saturated rings. The number of nitrogens with zero attached hydrogens (tertiary/aromatic N) is 1. The number of amides is 1. The SMILES string of the molecule is CCc1cc(NC(=O)c2ccc3ccccc3c2)n[nH]1. The van der Waals surface area contributed by atoms with Gasteiger partial charge in [-0.15, -0.1) is 0 Å². The third-order valence-corrected chi connectivity index (χ3v) is 3.27. The molecule has 2 aromatic carbocycles. The monoisotopic (exact) mass is 265 g/mol. The van der Waals surface area contributed by atoms with Gasteiger partial charge in [-0.05, 0) is 29.3 Å².